The molecule has 1 amide bonds. The summed E-state index contributed by atoms with van der Waals surface area (Å²) in [5.74, 6) is 6.38. The van der Waals surface area contributed by atoms with Gasteiger partial charge in [-0.15, -0.1) is 11.3 Å². The van der Waals surface area contributed by atoms with Crippen molar-refractivity contribution in [3.8, 4) is 11.8 Å². The quantitative estimate of drug-likeness (QED) is 0.860. The average Bonchev–Trinajstić information content (AvgIpc) is 2.81. The highest BCUT2D eigenvalue weighted by Crippen LogP contribution is 2.20. The third-order valence-corrected chi connectivity index (χ3v) is 3.88. The van der Waals surface area contributed by atoms with Crippen LogP contribution < -0.4 is 5.73 Å². The topological polar surface area (TPSA) is 46.3 Å². The van der Waals surface area contributed by atoms with Gasteiger partial charge >= 0.3 is 0 Å². The summed E-state index contributed by atoms with van der Waals surface area (Å²) in [5.41, 5.74) is 6.15. The molecule has 1 rings (SSSR count). The zero-order chi connectivity index (χ0) is 14.4. The fourth-order valence-electron chi connectivity index (χ4n) is 1.92. The highest BCUT2D eigenvalue weighted by atomic mass is 32.1. The molecule has 0 aromatic carbocycles. The van der Waals surface area contributed by atoms with Gasteiger partial charge in [0.05, 0.1) is 6.54 Å². The van der Waals surface area contributed by atoms with Crippen molar-refractivity contribution in [2.24, 2.45) is 11.7 Å². The lowest BCUT2D eigenvalue weighted by atomic mass is 10.0. The Morgan fingerprint density at radius 2 is 2.16 bits per heavy atom. The molecule has 0 radical (unpaired) electrons. The molecule has 1 atom stereocenters. The zero-order valence-corrected chi connectivity index (χ0v) is 12.9. The Labute approximate surface area is 119 Å². The molecule has 4 heteroatoms. The van der Waals surface area contributed by atoms with E-state index in [-0.39, 0.29) is 11.9 Å². The molecule has 0 saturated heterocycles. The Morgan fingerprint density at radius 1 is 1.47 bits per heavy atom. The van der Waals surface area contributed by atoms with E-state index in [4.69, 9.17) is 5.73 Å². The van der Waals surface area contributed by atoms with Crippen LogP contribution in [0.1, 0.15) is 42.4 Å². The number of carbonyl (C=O) groups excluding carboxylic acids is 1. The molecule has 0 aliphatic rings. The number of nitrogens with two attached hydrogens (primary N) is 1. The smallest absolute Gasteiger partial charge is 0.265 e. The van der Waals surface area contributed by atoms with Gasteiger partial charge in [-0.05, 0) is 30.7 Å². The molecule has 3 nitrogen and oxygen atoms in total. The van der Waals surface area contributed by atoms with Crippen LogP contribution in [0.15, 0.2) is 11.4 Å². The van der Waals surface area contributed by atoms with Crippen molar-refractivity contribution >= 4 is 17.2 Å². The van der Waals surface area contributed by atoms with Crippen LogP contribution in [0.25, 0.3) is 0 Å². The lowest BCUT2D eigenvalue weighted by Crippen LogP contribution is -2.35. The summed E-state index contributed by atoms with van der Waals surface area (Å²) in [7, 11) is 1.86. The summed E-state index contributed by atoms with van der Waals surface area (Å²) in [6.45, 7) is 6.72. The molecule has 1 aromatic heterocycles. The Balaban J connectivity index is 2.85. The van der Waals surface area contributed by atoms with Crippen molar-refractivity contribution in [1.82, 2.24) is 4.90 Å². The maximum atomic E-state index is 12.5. The van der Waals surface area contributed by atoms with Crippen LogP contribution in [0.5, 0.6) is 0 Å². The summed E-state index contributed by atoms with van der Waals surface area (Å²) < 4.78 is 0. The first-order chi connectivity index (χ1) is 8.97. The zero-order valence-electron chi connectivity index (χ0n) is 12.1. The minimum atomic E-state index is 0.0458. The number of rotatable bonds is 4. The van der Waals surface area contributed by atoms with Gasteiger partial charge in [0.1, 0.15) is 4.88 Å². The molecule has 104 valence electrons. The molecule has 1 unspecified atom stereocenters. The standard InChI is InChI=1S/C15H22N2OS/c1-11(2)10-12(3)17(4)15(18)14-13(6-5-8-16)7-9-19-14/h7,9,11-12H,8,10,16H2,1-4H3. The first kappa shape index (κ1) is 15.7. The van der Waals surface area contributed by atoms with Crippen molar-refractivity contribution in [3.63, 3.8) is 0 Å². The van der Waals surface area contributed by atoms with E-state index >= 15 is 0 Å². The molecular formula is C15H22N2OS. The lowest BCUT2D eigenvalue weighted by molar-refractivity contribution is 0.0733. The highest BCUT2D eigenvalue weighted by Gasteiger charge is 2.21. The molecule has 0 saturated carbocycles. The number of carbonyl (C=O) groups is 1. The first-order valence-corrected chi connectivity index (χ1v) is 7.38. The van der Waals surface area contributed by atoms with Gasteiger partial charge in [0.15, 0.2) is 0 Å². The van der Waals surface area contributed by atoms with E-state index in [2.05, 4.69) is 32.6 Å². The van der Waals surface area contributed by atoms with E-state index in [1.165, 1.54) is 11.3 Å². The Bertz CT molecular complexity index is 482. The molecule has 1 heterocycles. The second-order valence-electron chi connectivity index (χ2n) is 5.06. The van der Waals surface area contributed by atoms with Gasteiger partial charge < -0.3 is 10.6 Å². The van der Waals surface area contributed by atoms with Crippen LogP contribution >= 0.6 is 11.3 Å². The second kappa shape index (κ2) is 7.32. The van der Waals surface area contributed by atoms with Gasteiger partial charge in [0.25, 0.3) is 5.91 Å². The van der Waals surface area contributed by atoms with Crippen LogP contribution in [0.4, 0.5) is 0 Å². The van der Waals surface area contributed by atoms with E-state index in [9.17, 15) is 4.79 Å². The van der Waals surface area contributed by atoms with E-state index in [1.807, 2.05) is 18.5 Å². The van der Waals surface area contributed by atoms with Crippen molar-refractivity contribution in [2.45, 2.75) is 33.2 Å². The summed E-state index contributed by atoms with van der Waals surface area (Å²) in [5, 5.41) is 1.90. The van der Waals surface area contributed by atoms with Crippen LogP contribution in [-0.2, 0) is 0 Å². The lowest BCUT2D eigenvalue weighted by Gasteiger charge is -2.26. The third-order valence-electron chi connectivity index (χ3n) is 2.98. The number of thiophene rings is 1. The maximum absolute atomic E-state index is 12.5. The van der Waals surface area contributed by atoms with E-state index in [0.717, 1.165) is 12.0 Å². The second-order valence-corrected chi connectivity index (χ2v) is 5.98. The summed E-state index contributed by atoms with van der Waals surface area (Å²) >= 11 is 1.44. The predicted molar refractivity (Wildman–Crippen MR) is 81.3 cm³/mol. The SMILES string of the molecule is CC(C)CC(C)N(C)C(=O)c1sccc1C#CCN. The molecule has 19 heavy (non-hydrogen) atoms. The van der Waals surface area contributed by atoms with Crippen molar-refractivity contribution in [2.75, 3.05) is 13.6 Å². The van der Waals surface area contributed by atoms with Crippen molar-refractivity contribution in [3.05, 3.63) is 21.9 Å². The van der Waals surface area contributed by atoms with Crippen molar-refractivity contribution in [1.29, 1.82) is 0 Å². The average molecular weight is 278 g/mol. The number of hydrogen-bond donors (Lipinski definition) is 1. The first-order valence-electron chi connectivity index (χ1n) is 6.51. The third kappa shape index (κ3) is 4.38. The van der Waals surface area contributed by atoms with Crippen LogP contribution in [0.2, 0.25) is 0 Å². The number of nitrogens with zero attached hydrogens (tertiary/aromatic N) is 1. The Morgan fingerprint density at radius 3 is 2.74 bits per heavy atom. The monoisotopic (exact) mass is 278 g/mol. The molecular weight excluding hydrogens is 256 g/mol. The molecule has 2 N–H and O–H groups in total. The number of amides is 1. The summed E-state index contributed by atoms with van der Waals surface area (Å²) in [4.78, 5) is 15.0. The molecule has 0 aliphatic carbocycles. The van der Waals surface area contributed by atoms with Gasteiger partial charge in [-0.25, -0.2) is 0 Å². The minimum Gasteiger partial charge on any atom is -0.338 e. The largest absolute Gasteiger partial charge is 0.338 e. The van der Waals surface area contributed by atoms with Crippen LogP contribution in [0.3, 0.4) is 0 Å². The normalized spacial score (nSPS) is 11.9. The fourth-order valence-corrected chi connectivity index (χ4v) is 2.75. The van der Waals surface area contributed by atoms with E-state index in [1.54, 1.807) is 4.90 Å². The van der Waals surface area contributed by atoms with Crippen LogP contribution in [0, 0.1) is 17.8 Å². The highest BCUT2D eigenvalue weighted by molar-refractivity contribution is 7.12. The van der Waals surface area contributed by atoms with Gasteiger partial charge in [0, 0.05) is 18.7 Å². The molecule has 0 spiro atoms. The fraction of sp³-hybridized carbons (Fsp3) is 0.533. The molecule has 0 aliphatic heterocycles. The molecule has 1 aromatic rings. The number of hydrogen-bond acceptors (Lipinski definition) is 3. The van der Waals surface area contributed by atoms with Gasteiger partial charge in [0.2, 0.25) is 0 Å². The van der Waals surface area contributed by atoms with Gasteiger partial charge in [-0.1, -0.05) is 25.7 Å². The summed E-state index contributed by atoms with van der Waals surface area (Å²) in [6, 6.07) is 2.10. The van der Waals surface area contributed by atoms with Gasteiger partial charge in [-0.2, -0.15) is 0 Å². The minimum absolute atomic E-state index is 0.0458. The maximum Gasteiger partial charge on any atom is 0.265 e. The van der Waals surface area contributed by atoms with Crippen LogP contribution in [-0.4, -0.2) is 30.4 Å². The predicted octanol–water partition coefficient (Wildman–Crippen LogP) is 2.56. The van der Waals surface area contributed by atoms with Crippen molar-refractivity contribution < 1.29 is 4.79 Å². The Kier molecular flexibility index (Phi) is 6.07. The summed E-state index contributed by atoms with van der Waals surface area (Å²) in [6.07, 6.45) is 0.997. The van der Waals surface area contributed by atoms with E-state index < -0.39 is 0 Å². The Hall–Kier alpha value is -1.31. The van der Waals surface area contributed by atoms with Gasteiger partial charge in [-0.3, -0.25) is 4.79 Å². The molecule has 0 bridgehead atoms. The van der Waals surface area contributed by atoms with E-state index in [0.29, 0.717) is 17.3 Å². The molecule has 0 fully saturated rings.